The van der Waals surface area contributed by atoms with Crippen molar-refractivity contribution in [1.82, 2.24) is 9.80 Å². The summed E-state index contributed by atoms with van der Waals surface area (Å²) in [6, 6.07) is 0.548. The van der Waals surface area contributed by atoms with E-state index >= 15 is 0 Å². The first kappa shape index (κ1) is 11.8. The van der Waals surface area contributed by atoms with E-state index < -0.39 is 12.1 Å². The van der Waals surface area contributed by atoms with Gasteiger partial charge < -0.3 is 14.9 Å². The Bertz CT molecular complexity index is 249. The van der Waals surface area contributed by atoms with E-state index in [4.69, 9.17) is 9.84 Å². The second kappa shape index (κ2) is 5.09. The molecule has 0 aromatic rings. The number of hydrogen-bond acceptors (Lipinski definition) is 5. The third-order valence-corrected chi connectivity index (χ3v) is 3.26. The Hall–Kier alpha value is -0.690. The largest absolute Gasteiger partial charge is 0.479 e. The minimum Gasteiger partial charge on any atom is -0.479 e. The van der Waals surface area contributed by atoms with Crippen LogP contribution >= 0.6 is 0 Å². The van der Waals surface area contributed by atoms with Gasteiger partial charge in [0.2, 0.25) is 0 Å². The molecule has 2 fully saturated rings. The van der Waals surface area contributed by atoms with Gasteiger partial charge >= 0.3 is 5.97 Å². The van der Waals surface area contributed by atoms with Crippen LogP contribution in [0.15, 0.2) is 0 Å². The van der Waals surface area contributed by atoms with Crippen LogP contribution in [-0.4, -0.2) is 84.1 Å². The molecule has 0 spiro atoms. The van der Waals surface area contributed by atoms with Crippen LogP contribution in [0.25, 0.3) is 0 Å². The number of hydrogen-bond donors (Lipinski definition) is 2. The lowest BCUT2D eigenvalue weighted by atomic mass is 10.2. The summed E-state index contributed by atoms with van der Waals surface area (Å²) in [5.74, 6) is -1.14. The van der Waals surface area contributed by atoms with Gasteiger partial charge in [0, 0.05) is 32.7 Å². The summed E-state index contributed by atoms with van der Waals surface area (Å²) in [6.07, 6.45) is -1.27. The Kier molecular flexibility index (Phi) is 3.75. The maximum atomic E-state index is 10.5. The predicted octanol–water partition coefficient (Wildman–Crippen LogP) is -1.55. The average molecular weight is 230 g/mol. The number of carboxylic acids is 1. The molecule has 0 aromatic heterocycles. The van der Waals surface area contributed by atoms with Crippen molar-refractivity contribution in [2.75, 3.05) is 45.9 Å². The predicted molar refractivity (Wildman–Crippen MR) is 56.3 cm³/mol. The Morgan fingerprint density at radius 2 is 1.94 bits per heavy atom. The van der Waals surface area contributed by atoms with E-state index in [1.54, 1.807) is 0 Å². The molecule has 0 aliphatic carbocycles. The highest BCUT2D eigenvalue weighted by molar-refractivity contribution is 5.72. The highest BCUT2D eigenvalue weighted by Crippen LogP contribution is 2.13. The monoisotopic (exact) mass is 230 g/mol. The number of β-amino-alcohol motifs (C(OH)–C–C–N with tert-alkyl or cyclic N) is 1. The van der Waals surface area contributed by atoms with E-state index in [-0.39, 0.29) is 6.54 Å². The fraction of sp³-hybridized carbons (Fsp3) is 0.900. The van der Waals surface area contributed by atoms with Gasteiger partial charge in [-0.2, -0.15) is 0 Å². The van der Waals surface area contributed by atoms with Gasteiger partial charge in [0.1, 0.15) is 0 Å². The second-order valence-electron chi connectivity index (χ2n) is 4.38. The van der Waals surface area contributed by atoms with Gasteiger partial charge in [-0.1, -0.05) is 0 Å². The molecule has 2 aliphatic rings. The molecule has 6 heteroatoms. The average Bonchev–Trinajstić information content (AvgIpc) is 2.18. The molecule has 1 unspecified atom stereocenters. The molecule has 92 valence electrons. The summed E-state index contributed by atoms with van der Waals surface area (Å²) in [5.41, 5.74) is 0. The standard InChI is InChI=1S/C10H18N2O4/c13-9(10(14)15)5-11-1-3-12(4-2-11)8-6-16-7-8/h8-9,13H,1-7H2,(H,14,15). The number of aliphatic carboxylic acids is 1. The van der Waals surface area contributed by atoms with Crippen molar-refractivity contribution in [3.63, 3.8) is 0 Å². The first-order valence-corrected chi connectivity index (χ1v) is 5.62. The van der Waals surface area contributed by atoms with Crippen molar-refractivity contribution in [3.8, 4) is 0 Å². The van der Waals surface area contributed by atoms with Gasteiger partial charge in [-0.25, -0.2) is 4.79 Å². The number of carbonyl (C=O) groups is 1. The molecule has 2 aliphatic heterocycles. The molecule has 0 amide bonds. The third kappa shape index (κ3) is 2.70. The van der Waals surface area contributed by atoms with E-state index in [1.807, 2.05) is 4.90 Å². The molecule has 0 saturated carbocycles. The summed E-state index contributed by atoms with van der Waals surface area (Å²) in [6.45, 7) is 5.36. The molecule has 0 radical (unpaired) electrons. The highest BCUT2D eigenvalue weighted by atomic mass is 16.5. The summed E-state index contributed by atoms with van der Waals surface area (Å²) in [5, 5.41) is 17.8. The first-order valence-electron chi connectivity index (χ1n) is 5.62. The number of rotatable bonds is 4. The number of aliphatic hydroxyl groups excluding tert-OH is 1. The Labute approximate surface area is 94.4 Å². The van der Waals surface area contributed by atoms with Crippen LogP contribution in [0, 0.1) is 0 Å². The number of aliphatic hydroxyl groups is 1. The Morgan fingerprint density at radius 3 is 2.38 bits per heavy atom. The summed E-state index contributed by atoms with van der Waals surface area (Å²) in [7, 11) is 0. The molecule has 16 heavy (non-hydrogen) atoms. The van der Waals surface area contributed by atoms with Gasteiger partial charge in [0.15, 0.2) is 6.10 Å². The molecular weight excluding hydrogens is 212 g/mol. The summed E-state index contributed by atoms with van der Waals surface area (Å²) in [4.78, 5) is 14.9. The maximum absolute atomic E-state index is 10.5. The summed E-state index contributed by atoms with van der Waals surface area (Å²) >= 11 is 0. The van der Waals surface area contributed by atoms with Crippen molar-refractivity contribution in [2.24, 2.45) is 0 Å². The lowest BCUT2D eigenvalue weighted by Gasteiger charge is -2.42. The van der Waals surface area contributed by atoms with E-state index in [9.17, 15) is 9.90 Å². The van der Waals surface area contributed by atoms with Crippen molar-refractivity contribution in [2.45, 2.75) is 12.1 Å². The smallest absolute Gasteiger partial charge is 0.333 e. The van der Waals surface area contributed by atoms with Crippen LogP contribution in [0.5, 0.6) is 0 Å². The summed E-state index contributed by atoms with van der Waals surface area (Å²) < 4.78 is 5.14. The lowest BCUT2D eigenvalue weighted by Crippen LogP contribution is -2.57. The van der Waals surface area contributed by atoms with Gasteiger partial charge in [0.05, 0.1) is 19.3 Å². The Balaban J connectivity index is 1.70. The van der Waals surface area contributed by atoms with Crippen molar-refractivity contribution in [3.05, 3.63) is 0 Å². The van der Waals surface area contributed by atoms with E-state index in [0.717, 1.165) is 39.4 Å². The minimum atomic E-state index is -1.27. The van der Waals surface area contributed by atoms with Crippen LogP contribution in [0.4, 0.5) is 0 Å². The zero-order valence-corrected chi connectivity index (χ0v) is 9.21. The molecule has 0 bridgehead atoms. The van der Waals surface area contributed by atoms with Gasteiger partial charge in [-0.15, -0.1) is 0 Å². The first-order chi connectivity index (χ1) is 7.66. The van der Waals surface area contributed by atoms with Crippen LogP contribution < -0.4 is 0 Å². The third-order valence-electron chi connectivity index (χ3n) is 3.26. The number of piperazine rings is 1. The molecule has 6 nitrogen and oxygen atoms in total. The SMILES string of the molecule is O=C(O)C(O)CN1CCN(C2COC2)CC1. The number of ether oxygens (including phenoxy) is 1. The zero-order chi connectivity index (χ0) is 11.5. The van der Waals surface area contributed by atoms with E-state index in [0.29, 0.717) is 6.04 Å². The van der Waals surface area contributed by atoms with Crippen LogP contribution in [0.2, 0.25) is 0 Å². The molecule has 2 heterocycles. The minimum absolute atomic E-state index is 0.227. The quantitative estimate of drug-likeness (QED) is 0.609. The molecule has 2 saturated heterocycles. The van der Waals surface area contributed by atoms with Gasteiger partial charge in [0.25, 0.3) is 0 Å². The van der Waals surface area contributed by atoms with Crippen LogP contribution in [-0.2, 0) is 9.53 Å². The number of carboxylic acid groups (broad SMARTS) is 1. The highest BCUT2D eigenvalue weighted by Gasteiger charge is 2.29. The van der Waals surface area contributed by atoms with Crippen molar-refractivity contribution >= 4 is 5.97 Å². The Morgan fingerprint density at radius 1 is 1.31 bits per heavy atom. The van der Waals surface area contributed by atoms with Crippen LogP contribution in [0.1, 0.15) is 0 Å². The maximum Gasteiger partial charge on any atom is 0.333 e. The van der Waals surface area contributed by atoms with Gasteiger partial charge in [-0.05, 0) is 0 Å². The molecule has 1 atom stereocenters. The molecular formula is C10H18N2O4. The number of nitrogens with zero attached hydrogens (tertiary/aromatic N) is 2. The molecule has 2 N–H and O–H groups in total. The zero-order valence-electron chi connectivity index (χ0n) is 9.21. The van der Waals surface area contributed by atoms with Crippen molar-refractivity contribution in [1.29, 1.82) is 0 Å². The van der Waals surface area contributed by atoms with E-state index in [2.05, 4.69) is 4.90 Å². The van der Waals surface area contributed by atoms with Gasteiger partial charge in [-0.3, -0.25) is 9.80 Å². The fourth-order valence-electron chi connectivity index (χ4n) is 2.07. The topological polar surface area (TPSA) is 73.2 Å². The lowest BCUT2D eigenvalue weighted by molar-refractivity contribution is -0.148. The molecule has 0 aromatic carbocycles. The van der Waals surface area contributed by atoms with Crippen LogP contribution in [0.3, 0.4) is 0 Å². The second-order valence-corrected chi connectivity index (χ2v) is 4.38. The molecule has 2 rings (SSSR count). The van der Waals surface area contributed by atoms with Crippen molar-refractivity contribution < 1.29 is 19.7 Å². The van der Waals surface area contributed by atoms with E-state index in [1.165, 1.54) is 0 Å². The fourth-order valence-corrected chi connectivity index (χ4v) is 2.07. The normalized spacial score (nSPS) is 26.3.